The van der Waals surface area contributed by atoms with E-state index in [-0.39, 0.29) is 12.5 Å². The molecule has 1 rings (SSSR count). The smallest absolute Gasteiger partial charge is 0.394 e. The lowest BCUT2D eigenvalue weighted by molar-refractivity contribution is -0.298. The van der Waals surface area contributed by atoms with Gasteiger partial charge in [0.25, 0.3) is 0 Å². The van der Waals surface area contributed by atoms with E-state index in [9.17, 15) is 33.6 Å². The Kier molecular flexibility index (Phi) is 25.3. The van der Waals surface area contributed by atoms with Crippen LogP contribution in [0.4, 0.5) is 0 Å². The van der Waals surface area contributed by atoms with Gasteiger partial charge in [-0.3, -0.25) is 9.35 Å². The Morgan fingerprint density at radius 1 is 0.766 bits per heavy atom. The van der Waals surface area contributed by atoms with Gasteiger partial charge in [-0.05, 0) is 12.8 Å². The Morgan fingerprint density at radius 2 is 1.23 bits per heavy atom. The van der Waals surface area contributed by atoms with Crippen LogP contribution in [0.2, 0.25) is 0 Å². The van der Waals surface area contributed by atoms with Crippen molar-refractivity contribution in [3.63, 3.8) is 0 Å². The van der Waals surface area contributed by atoms with Crippen molar-refractivity contribution in [2.75, 3.05) is 13.2 Å². The average Bonchev–Trinajstić information content (AvgIpc) is 3.03. The van der Waals surface area contributed by atoms with Crippen LogP contribution in [0.25, 0.3) is 0 Å². The van der Waals surface area contributed by atoms with Crippen LogP contribution < -0.4 is 5.32 Å². The van der Waals surface area contributed by atoms with Gasteiger partial charge in [-0.2, -0.15) is 8.42 Å². The maximum Gasteiger partial charge on any atom is 0.397 e. The first-order valence-corrected chi connectivity index (χ1v) is 19.8. The van der Waals surface area contributed by atoms with E-state index in [2.05, 4.69) is 23.3 Å². The summed E-state index contributed by atoms with van der Waals surface area (Å²) in [6.45, 7) is 3.37. The maximum atomic E-state index is 12.9. The SMILES string of the molecule is CCCCCCCCCCCCCC(=O)NC(COC1OC(CO)C(O)C(OS(=O)(=O)O)C1O)C(O)CCCCCCCCCCC. The van der Waals surface area contributed by atoms with Crippen LogP contribution in [0.3, 0.4) is 0 Å². The first-order valence-electron chi connectivity index (χ1n) is 18.4. The van der Waals surface area contributed by atoms with E-state index < -0.39 is 59.9 Å². The summed E-state index contributed by atoms with van der Waals surface area (Å²) >= 11 is 0. The summed E-state index contributed by atoms with van der Waals surface area (Å²) in [7, 11) is -5.06. The third-order valence-corrected chi connectivity index (χ3v) is 9.38. The van der Waals surface area contributed by atoms with Gasteiger partial charge in [-0.1, -0.05) is 136 Å². The molecule has 1 heterocycles. The highest BCUT2D eigenvalue weighted by molar-refractivity contribution is 7.80. The number of rotatable bonds is 30. The molecule has 1 aliphatic heterocycles. The van der Waals surface area contributed by atoms with Crippen molar-refractivity contribution in [1.82, 2.24) is 5.32 Å². The quantitative estimate of drug-likeness (QED) is 0.0432. The Labute approximate surface area is 284 Å². The normalized spacial score (nSPS) is 23.1. The molecule has 1 aliphatic rings. The molecular formula is C34H67NO11S. The molecule has 0 aromatic heterocycles. The van der Waals surface area contributed by atoms with Gasteiger partial charge in [0.2, 0.25) is 5.91 Å². The van der Waals surface area contributed by atoms with E-state index in [1.54, 1.807) is 0 Å². The molecule has 0 aliphatic carbocycles. The highest BCUT2D eigenvalue weighted by Gasteiger charge is 2.48. The molecule has 0 spiro atoms. The molecule has 1 fully saturated rings. The number of hydrogen-bond acceptors (Lipinski definition) is 10. The number of aliphatic hydroxyl groups excluding tert-OH is 4. The maximum absolute atomic E-state index is 12.9. The Hall–Kier alpha value is -0.900. The minimum atomic E-state index is -5.06. The second-order valence-corrected chi connectivity index (χ2v) is 14.2. The number of amides is 1. The molecule has 1 amide bonds. The average molecular weight is 698 g/mol. The lowest BCUT2D eigenvalue weighted by atomic mass is 9.99. The van der Waals surface area contributed by atoms with Gasteiger partial charge in [0, 0.05) is 6.42 Å². The molecule has 7 atom stereocenters. The molecule has 6 N–H and O–H groups in total. The van der Waals surface area contributed by atoms with E-state index in [1.807, 2.05) is 0 Å². The van der Waals surface area contributed by atoms with Crippen molar-refractivity contribution >= 4 is 16.3 Å². The number of ether oxygens (including phenoxy) is 2. The van der Waals surface area contributed by atoms with Gasteiger partial charge in [0.1, 0.15) is 24.4 Å². The largest absolute Gasteiger partial charge is 0.397 e. The first kappa shape index (κ1) is 44.1. The van der Waals surface area contributed by atoms with Crippen LogP contribution in [-0.4, -0.2) is 95.4 Å². The van der Waals surface area contributed by atoms with Gasteiger partial charge in [-0.15, -0.1) is 0 Å². The van der Waals surface area contributed by atoms with Crippen molar-refractivity contribution in [3.05, 3.63) is 0 Å². The van der Waals surface area contributed by atoms with Crippen molar-refractivity contribution in [2.24, 2.45) is 0 Å². The van der Waals surface area contributed by atoms with Crippen LogP contribution in [0, 0.1) is 0 Å². The van der Waals surface area contributed by atoms with Crippen molar-refractivity contribution < 1.29 is 51.8 Å². The summed E-state index contributed by atoms with van der Waals surface area (Å²) in [5.41, 5.74) is 0. The van der Waals surface area contributed by atoms with E-state index in [0.29, 0.717) is 12.8 Å². The summed E-state index contributed by atoms with van der Waals surface area (Å²) in [4.78, 5) is 12.9. The van der Waals surface area contributed by atoms with E-state index in [4.69, 9.17) is 14.0 Å². The van der Waals surface area contributed by atoms with Crippen molar-refractivity contribution in [2.45, 2.75) is 198 Å². The number of unbranched alkanes of at least 4 members (excludes halogenated alkanes) is 18. The lowest BCUT2D eigenvalue weighted by Gasteiger charge is -2.41. The number of nitrogens with one attached hydrogen (secondary N) is 1. The fraction of sp³-hybridized carbons (Fsp3) is 0.971. The van der Waals surface area contributed by atoms with Crippen LogP contribution in [-0.2, 0) is 28.9 Å². The third-order valence-electron chi connectivity index (χ3n) is 8.92. The minimum absolute atomic E-state index is 0.234. The summed E-state index contributed by atoms with van der Waals surface area (Å²) in [5, 5.41) is 44.4. The second-order valence-electron chi connectivity index (χ2n) is 13.2. The number of hydrogen-bond donors (Lipinski definition) is 6. The van der Waals surface area contributed by atoms with Gasteiger partial charge >= 0.3 is 10.4 Å². The standard InChI is InChI=1S/C34H67NO11S/c1-3-5-7-9-11-13-14-16-18-20-22-24-30(38)35-27(28(37)23-21-19-17-15-12-10-8-6-4-2)26-44-34-32(40)33(46-47(41,42)43)31(39)29(25-36)45-34/h27-29,31-34,36-37,39-40H,3-26H2,1-2H3,(H,35,38)(H,41,42,43). The number of carbonyl (C=O) groups excluding carboxylic acids is 1. The fourth-order valence-corrected chi connectivity index (χ4v) is 6.49. The molecule has 280 valence electrons. The van der Waals surface area contributed by atoms with Crippen LogP contribution in [0.1, 0.15) is 155 Å². The molecule has 0 saturated carbocycles. The zero-order valence-electron chi connectivity index (χ0n) is 29.1. The topological polar surface area (TPSA) is 192 Å². The molecule has 1 saturated heterocycles. The number of aliphatic hydroxyl groups is 4. The molecule has 0 radical (unpaired) electrons. The molecular weight excluding hydrogens is 630 g/mol. The Bertz CT molecular complexity index is 878. The molecule has 0 aromatic rings. The lowest BCUT2D eigenvalue weighted by Crippen LogP contribution is -2.61. The third kappa shape index (κ3) is 21.0. The summed E-state index contributed by atoms with van der Waals surface area (Å²) in [5.74, 6) is -0.234. The molecule has 7 unspecified atom stereocenters. The predicted octanol–water partition coefficient (Wildman–Crippen LogP) is 5.10. The molecule has 47 heavy (non-hydrogen) atoms. The molecule has 12 nitrogen and oxygen atoms in total. The molecule has 13 heteroatoms. The molecule has 0 aromatic carbocycles. The number of carbonyl (C=O) groups is 1. The highest BCUT2D eigenvalue weighted by atomic mass is 32.3. The van der Waals surface area contributed by atoms with Gasteiger partial charge in [0.15, 0.2) is 6.29 Å². The van der Waals surface area contributed by atoms with Gasteiger partial charge in [-0.25, -0.2) is 4.18 Å². The van der Waals surface area contributed by atoms with Crippen LogP contribution >= 0.6 is 0 Å². The fourth-order valence-electron chi connectivity index (χ4n) is 5.99. The van der Waals surface area contributed by atoms with E-state index in [1.165, 1.54) is 77.0 Å². The van der Waals surface area contributed by atoms with Gasteiger partial charge < -0.3 is 35.2 Å². The predicted molar refractivity (Wildman–Crippen MR) is 181 cm³/mol. The van der Waals surface area contributed by atoms with E-state index >= 15 is 0 Å². The summed E-state index contributed by atoms with van der Waals surface area (Å²) < 4.78 is 47.2. The Balaban J connectivity index is 2.63. The van der Waals surface area contributed by atoms with Crippen LogP contribution in [0.15, 0.2) is 0 Å². The minimum Gasteiger partial charge on any atom is -0.394 e. The molecule has 0 bridgehead atoms. The first-order chi connectivity index (χ1) is 22.5. The van der Waals surface area contributed by atoms with Crippen molar-refractivity contribution in [3.8, 4) is 0 Å². The zero-order valence-corrected chi connectivity index (χ0v) is 29.9. The van der Waals surface area contributed by atoms with Crippen LogP contribution in [0.5, 0.6) is 0 Å². The summed E-state index contributed by atoms with van der Waals surface area (Å²) in [6.07, 6.45) is 14.2. The highest BCUT2D eigenvalue weighted by Crippen LogP contribution is 2.26. The zero-order chi connectivity index (χ0) is 34.9. The monoisotopic (exact) mass is 697 g/mol. The van der Waals surface area contributed by atoms with Crippen molar-refractivity contribution in [1.29, 1.82) is 0 Å². The second kappa shape index (κ2) is 26.9. The summed E-state index contributed by atoms with van der Waals surface area (Å²) in [6, 6.07) is -0.847. The van der Waals surface area contributed by atoms with E-state index in [0.717, 1.165) is 51.4 Å². The Morgan fingerprint density at radius 3 is 1.70 bits per heavy atom. The van der Waals surface area contributed by atoms with Gasteiger partial charge in [0.05, 0.1) is 25.4 Å².